The van der Waals surface area contributed by atoms with Crippen LogP contribution in [-0.2, 0) is 11.2 Å². The SMILES string of the molecule is CC(C)(C)OC(=O)N1CCC[C@@H](Cc2cnccn2)C1. The van der Waals surface area contributed by atoms with Crippen LogP contribution in [-0.4, -0.2) is 39.7 Å². The normalized spacial score (nSPS) is 19.8. The first kappa shape index (κ1) is 14.8. The molecule has 1 aromatic heterocycles. The van der Waals surface area contributed by atoms with E-state index in [0.29, 0.717) is 5.92 Å². The molecule has 0 radical (unpaired) electrons. The largest absolute Gasteiger partial charge is 0.444 e. The lowest BCUT2D eigenvalue weighted by molar-refractivity contribution is 0.0165. The highest BCUT2D eigenvalue weighted by Gasteiger charge is 2.27. The Bertz CT molecular complexity index is 442. The van der Waals surface area contributed by atoms with Gasteiger partial charge < -0.3 is 9.64 Å². The maximum Gasteiger partial charge on any atom is 0.410 e. The zero-order valence-corrected chi connectivity index (χ0v) is 12.5. The van der Waals surface area contributed by atoms with E-state index in [1.165, 1.54) is 0 Å². The quantitative estimate of drug-likeness (QED) is 0.834. The van der Waals surface area contributed by atoms with Gasteiger partial charge in [0.25, 0.3) is 0 Å². The van der Waals surface area contributed by atoms with E-state index in [-0.39, 0.29) is 6.09 Å². The number of nitrogens with zero attached hydrogens (tertiary/aromatic N) is 3. The number of rotatable bonds is 2. The number of amides is 1. The summed E-state index contributed by atoms with van der Waals surface area (Å²) in [6.45, 7) is 7.21. The third kappa shape index (κ3) is 4.47. The first-order valence-corrected chi connectivity index (χ1v) is 7.17. The first-order chi connectivity index (χ1) is 9.44. The Balaban J connectivity index is 1.90. The van der Waals surface area contributed by atoms with Crippen molar-refractivity contribution in [2.75, 3.05) is 13.1 Å². The van der Waals surface area contributed by atoms with Crippen LogP contribution in [0.4, 0.5) is 4.79 Å². The molecule has 1 aromatic rings. The summed E-state index contributed by atoms with van der Waals surface area (Å²) < 4.78 is 5.43. The highest BCUT2D eigenvalue weighted by atomic mass is 16.6. The van der Waals surface area contributed by atoms with Gasteiger partial charge in [-0.15, -0.1) is 0 Å². The van der Waals surface area contributed by atoms with Gasteiger partial charge in [-0.05, 0) is 46.0 Å². The molecule has 0 spiro atoms. The fraction of sp³-hybridized carbons (Fsp3) is 0.667. The fourth-order valence-electron chi connectivity index (χ4n) is 2.46. The minimum Gasteiger partial charge on any atom is -0.444 e. The van der Waals surface area contributed by atoms with Gasteiger partial charge in [0.05, 0.1) is 5.69 Å². The van der Waals surface area contributed by atoms with Crippen LogP contribution in [0.15, 0.2) is 18.6 Å². The fourth-order valence-corrected chi connectivity index (χ4v) is 2.46. The molecular formula is C15H23N3O2. The molecule has 0 aliphatic carbocycles. The van der Waals surface area contributed by atoms with Crippen molar-refractivity contribution in [3.05, 3.63) is 24.3 Å². The van der Waals surface area contributed by atoms with Crippen LogP contribution in [0.25, 0.3) is 0 Å². The van der Waals surface area contributed by atoms with E-state index in [0.717, 1.165) is 38.0 Å². The van der Waals surface area contributed by atoms with E-state index in [1.807, 2.05) is 25.7 Å². The minimum atomic E-state index is -0.436. The molecule has 1 aliphatic rings. The maximum absolute atomic E-state index is 12.1. The number of piperidine rings is 1. The van der Waals surface area contributed by atoms with Crippen LogP contribution in [0, 0.1) is 5.92 Å². The zero-order chi connectivity index (χ0) is 14.6. The van der Waals surface area contributed by atoms with Gasteiger partial charge in [-0.3, -0.25) is 9.97 Å². The Hall–Kier alpha value is -1.65. The number of aromatic nitrogens is 2. The second-order valence-electron chi connectivity index (χ2n) is 6.34. The van der Waals surface area contributed by atoms with Gasteiger partial charge in [-0.2, -0.15) is 0 Å². The highest BCUT2D eigenvalue weighted by molar-refractivity contribution is 5.68. The predicted molar refractivity (Wildman–Crippen MR) is 76.3 cm³/mol. The van der Waals surface area contributed by atoms with E-state index < -0.39 is 5.60 Å². The van der Waals surface area contributed by atoms with Gasteiger partial charge >= 0.3 is 6.09 Å². The molecule has 0 bridgehead atoms. The van der Waals surface area contributed by atoms with E-state index in [9.17, 15) is 4.79 Å². The lowest BCUT2D eigenvalue weighted by Gasteiger charge is -2.34. The number of likely N-dealkylation sites (tertiary alicyclic amines) is 1. The van der Waals surface area contributed by atoms with Crippen molar-refractivity contribution in [1.29, 1.82) is 0 Å². The van der Waals surface area contributed by atoms with Crippen molar-refractivity contribution < 1.29 is 9.53 Å². The molecule has 110 valence electrons. The summed E-state index contributed by atoms with van der Waals surface area (Å²) in [6.07, 6.45) is 7.99. The summed E-state index contributed by atoms with van der Waals surface area (Å²) in [4.78, 5) is 22.3. The zero-order valence-electron chi connectivity index (χ0n) is 12.5. The summed E-state index contributed by atoms with van der Waals surface area (Å²) in [5.41, 5.74) is 0.554. The molecule has 5 heteroatoms. The van der Waals surface area contributed by atoms with Gasteiger partial charge in [-0.25, -0.2) is 4.79 Å². The minimum absolute atomic E-state index is 0.207. The molecule has 0 N–H and O–H groups in total. The van der Waals surface area contributed by atoms with Crippen LogP contribution in [0.3, 0.4) is 0 Å². The molecule has 5 nitrogen and oxygen atoms in total. The highest BCUT2D eigenvalue weighted by Crippen LogP contribution is 2.21. The number of carbonyl (C=O) groups is 1. The molecule has 1 amide bonds. The Kier molecular flexibility index (Phi) is 4.57. The first-order valence-electron chi connectivity index (χ1n) is 7.17. The van der Waals surface area contributed by atoms with Crippen LogP contribution in [0.2, 0.25) is 0 Å². The molecule has 0 saturated carbocycles. The van der Waals surface area contributed by atoms with Crippen LogP contribution >= 0.6 is 0 Å². The van der Waals surface area contributed by atoms with Crippen molar-refractivity contribution in [3.8, 4) is 0 Å². The molecule has 1 fully saturated rings. The van der Waals surface area contributed by atoms with Gasteiger partial charge in [0.2, 0.25) is 0 Å². The predicted octanol–water partition coefficient (Wildman–Crippen LogP) is 2.67. The summed E-state index contributed by atoms with van der Waals surface area (Å²) in [5.74, 6) is 0.438. The Labute approximate surface area is 120 Å². The number of carbonyl (C=O) groups excluding carboxylic acids is 1. The van der Waals surface area contributed by atoms with Crippen molar-refractivity contribution in [1.82, 2.24) is 14.9 Å². The molecule has 0 aromatic carbocycles. The molecule has 2 heterocycles. The van der Waals surface area contributed by atoms with E-state index in [2.05, 4.69) is 9.97 Å². The van der Waals surface area contributed by atoms with Crippen LogP contribution in [0.1, 0.15) is 39.3 Å². The molecule has 2 rings (SSSR count). The lowest BCUT2D eigenvalue weighted by atomic mass is 9.94. The van der Waals surface area contributed by atoms with E-state index in [4.69, 9.17) is 4.74 Å². The summed E-state index contributed by atoms with van der Waals surface area (Å²) in [7, 11) is 0. The number of hydrogen-bond donors (Lipinski definition) is 0. The Morgan fingerprint density at radius 3 is 2.90 bits per heavy atom. The summed E-state index contributed by atoms with van der Waals surface area (Å²) in [6, 6.07) is 0. The van der Waals surface area contributed by atoms with Crippen LogP contribution in [0.5, 0.6) is 0 Å². The van der Waals surface area contributed by atoms with Crippen molar-refractivity contribution in [3.63, 3.8) is 0 Å². The third-order valence-electron chi connectivity index (χ3n) is 3.29. The molecule has 20 heavy (non-hydrogen) atoms. The van der Waals surface area contributed by atoms with Gasteiger partial charge in [0, 0.05) is 31.7 Å². The van der Waals surface area contributed by atoms with E-state index in [1.54, 1.807) is 18.6 Å². The number of hydrogen-bond acceptors (Lipinski definition) is 4. The maximum atomic E-state index is 12.1. The molecular weight excluding hydrogens is 254 g/mol. The lowest BCUT2D eigenvalue weighted by Crippen LogP contribution is -2.43. The molecule has 1 saturated heterocycles. The molecule has 0 unspecified atom stereocenters. The second-order valence-corrected chi connectivity index (χ2v) is 6.34. The van der Waals surface area contributed by atoms with Crippen molar-refractivity contribution >= 4 is 6.09 Å². The van der Waals surface area contributed by atoms with Crippen molar-refractivity contribution in [2.45, 2.75) is 45.6 Å². The standard InChI is InChI=1S/C15H23N3O2/c1-15(2,3)20-14(19)18-8-4-5-12(11-18)9-13-10-16-6-7-17-13/h6-7,10,12H,4-5,8-9,11H2,1-3H3/t12-/m0/s1. The second kappa shape index (κ2) is 6.20. The van der Waals surface area contributed by atoms with Gasteiger partial charge in [-0.1, -0.05) is 0 Å². The Morgan fingerprint density at radius 2 is 2.25 bits per heavy atom. The van der Waals surface area contributed by atoms with Crippen LogP contribution < -0.4 is 0 Å². The average Bonchev–Trinajstić information content (AvgIpc) is 2.38. The Morgan fingerprint density at radius 1 is 1.45 bits per heavy atom. The van der Waals surface area contributed by atoms with Gasteiger partial charge in [0.15, 0.2) is 0 Å². The summed E-state index contributed by atoms with van der Waals surface area (Å²) >= 11 is 0. The third-order valence-corrected chi connectivity index (χ3v) is 3.29. The average molecular weight is 277 g/mol. The van der Waals surface area contributed by atoms with Crippen molar-refractivity contribution in [2.24, 2.45) is 5.92 Å². The van der Waals surface area contributed by atoms with Gasteiger partial charge in [0.1, 0.15) is 5.60 Å². The van der Waals surface area contributed by atoms with E-state index >= 15 is 0 Å². The smallest absolute Gasteiger partial charge is 0.410 e. The summed E-state index contributed by atoms with van der Waals surface area (Å²) in [5, 5.41) is 0. The number of ether oxygens (including phenoxy) is 1. The molecule has 1 aliphatic heterocycles. The topological polar surface area (TPSA) is 55.3 Å². The molecule has 1 atom stereocenters. The monoisotopic (exact) mass is 277 g/mol.